The van der Waals surface area contributed by atoms with E-state index in [-0.39, 0.29) is 5.56 Å². The summed E-state index contributed by atoms with van der Waals surface area (Å²) in [7, 11) is 0. The summed E-state index contributed by atoms with van der Waals surface area (Å²) in [5, 5.41) is 19.3. The lowest BCUT2D eigenvalue weighted by Crippen LogP contribution is -2.06. The van der Waals surface area contributed by atoms with Crippen molar-refractivity contribution in [1.29, 1.82) is 0 Å². The molecule has 0 aliphatic heterocycles. The Labute approximate surface area is 99.5 Å². The summed E-state index contributed by atoms with van der Waals surface area (Å²) in [5.41, 5.74) is 2.95. The third kappa shape index (κ3) is 2.88. The molecule has 0 unspecified atom stereocenters. The summed E-state index contributed by atoms with van der Waals surface area (Å²) in [6, 6.07) is 1.24. The second-order valence-corrected chi connectivity index (χ2v) is 3.19. The lowest BCUT2D eigenvalue weighted by atomic mass is 10.1. The Balaban J connectivity index is 3.40. The predicted octanol–water partition coefficient (Wildman–Crippen LogP) is 0.931. The van der Waals surface area contributed by atoms with Crippen molar-refractivity contribution in [2.24, 2.45) is 5.73 Å². The second kappa shape index (κ2) is 5.04. The van der Waals surface area contributed by atoms with Crippen molar-refractivity contribution in [3.63, 3.8) is 0 Å². The van der Waals surface area contributed by atoms with Gasteiger partial charge in [-0.05, 0) is 12.1 Å². The van der Waals surface area contributed by atoms with E-state index in [1.165, 1.54) is 0 Å². The maximum absolute atomic E-state index is 13.4. The lowest BCUT2D eigenvalue weighted by Gasteiger charge is -2.01. The van der Waals surface area contributed by atoms with E-state index in [1.54, 1.807) is 0 Å². The number of nitro groups is 1. The molecule has 0 saturated heterocycles. The van der Waals surface area contributed by atoms with E-state index in [4.69, 9.17) is 10.8 Å². The topological polar surface area (TPSA) is 124 Å². The van der Waals surface area contributed by atoms with Crippen LogP contribution in [0.25, 0.3) is 6.08 Å². The monoisotopic (exact) mass is 254 g/mol. The minimum atomic E-state index is -1.62. The molecule has 7 nitrogen and oxygen atoms in total. The largest absolute Gasteiger partial charge is 0.477 e. The van der Waals surface area contributed by atoms with Gasteiger partial charge in [-0.2, -0.15) is 0 Å². The molecule has 0 fully saturated rings. The van der Waals surface area contributed by atoms with Gasteiger partial charge in [-0.25, -0.2) is 9.18 Å². The van der Waals surface area contributed by atoms with E-state index >= 15 is 0 Å². The van der Waals surface area contributed by atoms with Crippen molar-refractivity contribution in [1.82, 2.24) is 0 Å². The van der Waals surface area contributed by atoms with Gasteiger partial charge in [0.15, 0.2) is 0 Å². The quantitative estimate of drug-likeness (QED) is 0.470. The fraction of sp³-hybridized carbons (Fsp3) is 0. The molecule has 0 bridgehead atoms. The second-order valence-electron chi connectivity index (χ2n) is 3.19. The highest BCUT2D eigenvalue weighted by atomic mass is 19.1. The molecule has 0 saturated carbocycles. The van der Waals surface area contributed by atoms with Crippen molar-refractivity contribution < 1.29 is 24.0 Å². The molecule has 0 aliphatic rings. The van der Waals surface area contributed by atoms with Crippen molar-refractivity contribution in [2.75, 3.05) is 0 Å². The molecule has 18 heavy (non-hydrogen) atoms. The fourth-order valence-corrected chi connectivity index (χ4v) is 1.20. The van der Waals surface area contributed by atoms with Crippen LogP contribution in [0.1, 0.15) is 15.9 Å². The number of amides is 1. The standard InChI is InChI=1S/C10H7FN2O5/c11-7-4-6(10(15)16)8(13(17)18)3-5(7)1-2-9(12)14/h1-4H,(H2,12,14)(H,15,16). The van der Waals surface area contributed by atoms with Crippen molar-refractivity contribution in [3.05, 3.63) is 45.3 Å². The van der Waals surface area contributed by atoms with E-state index in [2.05, 4.69) is 0 Å². The van der Waals surface area contributed by atoms with Crippen LogP contribution in [0.4, 0.5) is 10.1 Å². The summed E-state index contributed by atoms with van der Waals surface area (Å²) in [6.45, 7) is 0. The van der Waals surface area contributed by atoms with E-state index in [0.29, 0.717) is 6.07 Å². The smallest absolute Gasteiger partial charge is 0.342 e. The van der Waals surface area contributed by atoms with Gasteiger partial charge >= 0.3 is 5.97 Å². The zero-order valence-corrected chi connectivity index (χ0v) is 8.79. The number of nitrogens with zero attached hydrogens (tertiary/aromatic N) is 1. The molecule has 1 aromatic carbocycles. The average Bonchev–Trinajstić information content (AvgIpc) is 2.26. The van der Waals surface area contributed by atoms with Gasteiger partial charge in [-0.15, -0.1) is 0 Å². The zero-order valence-electron chi connectivity index (χ0n) is 8.79. The normalized spacial score (nSPS) is 10.5. The number of carboxylic acid groups (broad SMARTS) is 1. The van der Waals surface area contributed by atoms with E-state index < -0.39 is 33.9 Å². The van der Waals surface area contributed by atoms with Gasteiger partial charge in [0.1, 0.15) is 11.4 Å². The van der Waals surface area contributed by atoms with Gasteiger partial charge in [-0.3, -0.25) is 14.9 Å². The molecular weight excluding hydrogens is 247 g/mol. The molecule has 1 aromatic rings. The highest BCUT2D eigenvalue weighted by Gasteiger charge is 2.22. The Bertz CT molecular complexity index is 568. The number of hydrogen-bond acceptors (Lipinski definition) is 4. The zero-order chi connectivity index (χ0) is 13.9. The van der Waals surface area contributed by atoms with Crippen LogP contribution in [0.2, 0.25) is 0 Å². The Morgan fingerprint density at radius 2 is 2.06 bits per heavy atom. The Morgan fingerprint density at radius 1 is 1.44 bits per heavy atom. The average molecular weight is 254 g/mol. The highest BCUT2D eigenvalue weighted by molar-refractivity contribution is 5.94. The number of benzene rings is 1. The third-order valence-corrected chi connectivity index (χ3v) is 1.97. The number of nitrogens with two attached hydrogens (primary N) is 1. The minimum absolute atomic E-state index is 0.300. The van der Waals surface area contributed by atoms with Crippen molar-refractivity contribution in [2.45, 2.75) is 0 Å². The first-order chi connectivity index (χ1) is 8.32. The summed E-state index contributed by atoms with van der Waals surface area (Å²) in [5.74, 6) is -3.49. The van der Waals surface area contributed by atoms with E-state index in [0.717, 1.165) is 18.2 Å². The first-order valence-electron chi connectivity index (χ1n) is 4.51. The number of carbonyl (C=O) groups excluding carboxylic acids is 1. The van der Waals surface area contributed by atoms with Gasteiger partial charge in [0.05, 0.1) is 4.92 Å². The minimum Gasteiger partial charge on any atom is -0.477 e. The third-order valence-electron chi connectivity index (χ3n) is 1.97. The molecule has 1 amide bonds. The molecule has 0 aliphatic carbocycles. The highest BCUT2D eigenvalue weighted by Crippen LogP contribution is 2.24. The molecule has 0 aromatic heterocycles. The van der Waals surface area contributed by atoms with Crippen LogP contribution < -0.4 is 5.73 Å². The number of carboxylic acids is 1. The summed E-state index contributed by atoms with van der Waals surface area (Å²) >= 11 is 0. The van der Waals surface area contributed by atoms with E-state index in [1.807, 2.05) is 0 Å². The van der Waals surface area contributed by atoms with Gasteiger partial charge in [0.25, 0.3) is 5.69 Å². The van der Waals surface area contributed by atoms with Gasteiger partial charge < -0.3 is 10.8 Å². The number of rotatable bonds is 4. The van der Waals surface area contributed by atoms with Crippen LogP contribution in [0.15, 0.2) is 18.2 Å². The van der Waals surface area contributed by atoms with Crippen molar-refractivity contribution in [3.8, 4) is 0 Å². The van der Waals surface area contributed by atoms with Crippen molar-refractivity contribution >= 4 is 23.6 Å². The van der Waals surface area contributed by atoms with Gasteiger partial charge in [-0.1, -0.05) is 0 Å². The molecule has 0 spiro atoms. The molecule has 0 atom stereocenters. The maximum atomic E-state index is 13.4. The van der Waals surface area contributed by atoms with Crippen LogP contribution in [0, 0.1) is 15.9 Å². The van der Waals surface area contributed by atoms with Crippen LogP contribution in [-0.4, -0.2) is 21.9 Å². The lowest BCUT2D eigenvalue weighted by molar-refractivity contribution is -0.385. The van der Waals surface area contributed by atoms with Crippen LogP contribution in [-0.2, 0) is 4.79 Å². The number of hydrogen-bond donors (Lipinski definition) is 2. The SMILES string of the molecule is NC(=O)C=Cc1cc([N+](=O)[O-])c(C(=O)O)cc1F. The Hall–Kier alpha value is -2.77. The summed E-state index contributed by atoms with van der Waals surface area (Å²) in [6.07, 6.45) is 1.73. The molecule has 8 heteroatoms. The summed E-state index contributed by atoms with van der Waals surface area (Å²) < 4.78 is 13.4. The Kier molecular flexibility index (Phi) is 3.72. The number of halogens is 1. The first kappa shape index (κ1) is 13.3. The number of primary amides is 1. The fourth-order valence-electron chi connectivity index (χ4n) is 1.20. The molecule has 94 valence electrons. The van der Waals surface area contributed by atoms with Gasteiger partial charge in [0, 0.05) is 17.7 Å². The number of nitro benzene ring substituents is 1. The Morgan fingerprint density at radius 3 is 2.50 bits per heavy atom. The van der Waals surface area contributed by atoms with Crippen LogP contribution >= 0.6 is 0 Å². The number of aromatic carboxylic acids is 1. The summed E-state index contributed by atoms with van der Waals surface area (Å²) in [4.78, 5) is 30.8. The predicted molar refractivity (Wildman–Crippen MR) is 58.2 cm³/mol. The first-order valence-corrected chi connectivity index (χ1v) is 4.51. The van der Waals surface area contributed by atoms with Crippen LogP contribution in [0.5, 0.6) is 0 Å². The molecule has 1 rings (SSSR count). The van der Waals surface area contributed by atoms with E-state index in [9.17, 15) is 24.1 Å². The molecular formula is C10H7FN2O5. The maximum Gasteiger partial charge on any atom is 0.342 e. The van der Waals surface area contributed by atoms with Crippen LogP contribution in [0.3, 0.4) is 0 Å². The molecule has 0 heterocycles. The molecule has 3 N–H and O–H groups in total. The van der Waals surface area contributed by atoms with Gasteiger partial charge in [0.2, 0.25) is 5.91 Å². The molecule has 0 radical (unpaired) electrons. The number of carbonyl (C=O) groups is 2.